The van der Waals surface area contributed by atoms with Crippen LogP contribution in [-0.4, -0.2) is 45.8 Å². The Labute approximate surface area is 207 Å². The van der Waals surface area contributed by atoms with Gasteiger partial charge in [-0.1, -0.05) is 12.1 Å². The summed E-state index contributed by atoms with van der Waals surface area (Å²) >= 11 is 0. The lowest BCUT2D eigenvalue weighted by molar-refractivity contribution is -0.211. The highest BCUT2D eigenvalue weighted by Gasteiger charge is 2.32. The number of nitrogens with zero attached hydrogens (tertiary/aromatic N) is 3. The Morgan fingerprint density at radius 2 is 1.81 bits per heavy atom. The van der Waals surface area contributed by atoms with E-state index in [-0.39, 0.29) is 5.82 Å². The van der Waals surface area contributed by atoms with E-state index in [1.165, 1.54) is 12.1 Å². The summed E-state index contributed by atoms with van der Waals surface area (Å²) in [4.78, 5) is 17.1. The molecule has 186 valence electrons. The fourth-order valence-electron chi connectivity index (χ4n) is 3.79. The zero-order chi connectivity index (χ0) is 25.1. The quantitative estimate of drug-likeness (QED) is 0.355. The number of hydrogen-bond donors (Lipinski definition) is 3. The highest BCUT2D eigenvalue weighted by molar-refractivity contribution is 5.77. The number of benzene rings is 2. The molecule has 0 unspecified atom stereocenters. The van der Waals surface area contributed by atoms with Crippen LogP contribution in [0.3, 0.4) is 0 Å². The van der Waals surface area contributed by atoms with Gasteiger partial charge in [0.2, 0.25) is 12.2 Å². The Bertz CT molecular complexity index is 1310. The maximum absolute atomic E-state index is 13.6. The number of aromatic nitrogens is 4. The van der Waals surface area contributed by atoms with Crippen molar-refractivity contribution in [2.75, 3.05) is 25.6 Å². The molecule has 4 aromatic rings. The van der Waals surface area contributed by atoms with Crippen LogP contribution < -0.4 is 15.8 Å². The molecule has 4 N–H and O–H groups in total. The Kier molecular flexibility index (Phi) is 6.64. The molecule has 0 saturated carbocycles. The molecule has 1 aliphatic rings. The van der Waals surface area contributed by atoms with Gasteiger partial charge in [0.1, 0.15) is 11.6 Å². The van der Waals surface area contributed by atoms with Crippen molar-refractivity contribution in [3.05, 3.63) is 78.0 Å². The number of nitrogens with one attached hydrogen (secondary N) is 2. The highest BCUT2D eigenvalue weighted by Crippen LogP contribution is 2.33. The lowest BCUT2D eigenvalue weighted by Gasteiger charge is -2.33. The molecule has 0 amide bonds. The van der Waals surface area contributed by atoms with Crippen molar-refractivity contribution in [1.29, 1.82) is 0 Å². The van der Waals surface area contributed by atoms with Gasteiger partial charge in [-0.25, -0.2) is 19.3 Å². The number of methoxy groups -OCH3 is 1. The molecule has 5 rings (SSSR count). The Morgan fingerprint density at radius 1 is 1.08 bits per heavy atom. The fraction of sp³-hybridized carbons (Fsp3) is 0.269. The summed E-state index contributed by atoms with van der Waals surface area (Å²) in [6.07, 6.45) is 0.963. The molecular weight excluding hydrogens is 463 g/mol. The first-order valence-corrected chi connectivity index (χ1v) is 11.5. The van der Waals surface area contributed by atoms with Crippen molar-refractivity contribution >= 4 is 5.95 Å². The third kappa shape index (κ3) is 5.35. The fourth-order valence-corrected chi connectivity index (χ4v) is 3.79. The van der Waals surface area contributed by atoms with Gasteiger partial charge in [0.25, 0.3) is 0 Å². The first kappa shape index (κ1) is 23.9. The van der Waals surface area contributed by atoms with E-state index in [9.17, 15) is 4.39 Å². The second kappa shape index (κ2) is 10.0. The first-order valence-electron chi connectivity index (χ1n) is 11.5. The standard InChI is InChI=1S/C26H27FN6O3/c1-26(28)14-35-24(36-15-26)23-32-21(17-5-7-18(27)8-6-17)22(33-23)20-11-12-29-25(31-20)30-13-16-3-9-19(34-2)10-4-16/h3-12,24H,13-15,28H2,1-2H3,(H,32,33)(H,29,30,31). The normalized spacial score (nSPS) is 19.7. The maximum atomic E-state index is 13.6. The molecule has 0 aliphatic carbocycles. The maximum Gasteiger partial charge on any atom is 0.223 e. The van der Waals surface area contributed by atoms with Crippen LogP contribution in [0.4, 0.5) is 10.3 Å². The summed E-state index contributed by atoms with van der Waals surface area (Å²) in [7, 11) is 1.63. The molecule has 36 heavy (non-hydrogen) atoms. The van der Waals surface area contributed by atoms with E-state index < -0.39 is 11.8 Å². The number of imidazole rings is 1. The number of hydrogen-bond acceptors (Lipinski definition) is 8. The summed E-state index contributed by atoms with van der Waals surface area (Å²) in [5, 5.41) is 3.24. The summed E-state index contributed by atoms with van der Waals surface area (Å²) in [5.74, 6) is 1.39. The van der Waals surface area contributed by atoms with Gasteiger partial charge < -0.3 is 30.2 Å². The number of nitrogens with two attached hydrogens (primary N) is 1. The van der Waals surface area contributed by atoms with E-state index >= 15 is 0 Å². The van der Waals surface area contributed by atoms with Gasteiger partial charge in [-0.2, -0.15) is 0 Å². The van der Waals surface area contributed by atoms with Crippen molar-refractivity contribution in [3.8, 4) is 28.4 Å². The van der Waals surface area contributed by atoms with E-state index in [0.29, 0.717) is 48.6 Å². The van der Waals surface area contributed by atoms with E-state index in [1.54, 1.807) is 31.5 Å². The van der Waals surface area contributed by atoms with Gasteiger partial charge in [-0.15, -0.1) is 0 Å². The second-order valence-corrected chi connectivity index (χ2v) is 8.93. The summed E-state index contributed by atoms with van der Waals surface area (Å²) < 4.78 is 30.4. The molecule has 0 radical (unpaired) electrons. The van der Waals surface area contributed by atoms with Crippen LogP contribution in [-0.2, 0) is 16.0 Å². The molecule has 1 aliphatic heterocycles. The van der Waals surface area contributed by atoms with Crippen molar-refractivity contribution in [2.24, 2.45) is 5.73 Å². The molecule has 0 bridgehead atoms. The summed E-state index contributed by atoms with van der Waals surface area (Å²) in [6.45, 7) is 3.05. The predicted octanol–water partition coefficient (Wildman–Crippen LogP) is 4.06. The number of rotatable bonds is 7. The van der Waals surface area contributed by atoms with E-state index in [0.717, 1.165) is 16.9 Å². The van der Waals surface area contributed by atoms with Crippen LogP contribution in [0.25, 0.3) is 22.6 Å². The topological polar surface area (TPSA) is 120 Å². The monoisotopic (exact) mass is 490 g/mol. The summed E-state index contributed by atoms with van der Waals surface area (Å²) in [5.41, 5.74) is 9.16. The molecular formula is C26H27FN6O3. The van der Waals surface area contributed by atoms with Gasteiger partial charge in [-0.05, 0) is 55.0 Å². The third-order valence-electron chi connectivity index (χ3n) is 5.71. The van der Waals surface area contributed by atoms with Crippen LogP contribution in [0.2, 0.25) is 0 Å². The molecule has 0 spiro atoms. The Balaban J connectivity index is 1.43. The van der Waals surface area contributed by atoms with Crippen LogP contribution in [0.1, 0.15) is 24.6 Å². The van der Waals surface area contributed by atoms with Crippen LogP contribution in [0, 0.1) is 5.82 Å². The predicted molar refractivity (Wildman–Crippen MR) is 133 cm³/mol. The number of halogens is 1. The van der Waals surface area contributed by atoms with Crippen LogP contribution >= 0.6 is 0 Å². The van der Waals surface area contributed by atoms with Crippen molar-refractivity contribution in [1.82, 2.24) is 19.9 Å². The third-order valence-corrected chi connectivity index (χ3v) is 5.71. The average Bonchev–Trinajstić information content (AvgIpc) is 3.34. The SMILES string of the molecule is COc1ccc(CNc2nccc(-c3[nH]c(C4OCC(C)(N)CO4)nc3-c3ccc(F)cc3)n2)cc1. The number of ether oxygens (including phenoxy) is 3. The molecule has 2 aromatic heterocycles. The molecule has 10 heteroatoms. The second-order valence-electron chi connectivity index (χ2n) is 8.93. The Morgan fingerprint density at radius 3 is 2.50 bits per heavy atom. The van der Waals surface area contributed by atoms with Crippen LogP contribution in [0.5, 0.6) is 5.75 Å². The minimum absolute atomic E-state index is 0.326. The number of H-pyrrole nitrogens is 1. The minimum atomic E-state index is -0.705. The molecule has 1 saturated heterocycles. The van der Waals surface area contributed by atoms with Gasteiger partial charge in [0, 0.05) is 18.3 Å². The van der Waals surface area contributed by atoms with Crippen LogP contribution in [0.15, 0.2) is 60.8 Å². The van der Waals surface area contributed by atoms with Gasteiger partial charge >= 0.3 is 0 Å². The van der Waals surface area contributed by atoms with Crippen molar-refractivity contribution in [3.63, 3.8) is 0 Å². The zero-order valence-electron chi connectivity index (χ0n) is 20.0. The smallest absolute Gasteiger partial charge is 0.223 e. The van der Waals surface area contributed by atoms with E-state index in [1.807, 2.05) is 31.2 Å². The lowest BCUT2D eigenvalue weighted by Crippen LogP contribution is -2.50. The van der Waals surface area contributed by atoms with E-state index in [4.69, 9.17) is 24.9 Å². The molecule has 9 nitrogen and oxygen atoms in total. The van der Waals surface area contributed by atoms with Gasteiger partial charge in [-0.3, -0.25) is 0 Å². The summed E-state index contributed by atoms with van der Waals surface area (Å²) in [6, 6.07) is 15.6. The van der Waals surface area contributed by atoms with Gasteiger partial charge in [0.15, 0.2) is 5.82 Å². The van der Waals surface area contributed by atoms with E-state index in [2.05, 4.69) is 20.3 Å². The van der Waals surface area contributed by atoms with Crippen molar-refractivity contribution in [2.45, 2.75) is 25.3 Å². The largest absolute Gasteiger partial charge is 0.497 e. The average molecular weight is 491 g/mol. The zero-order valence-corrected chi connectivity index (χ0v) is 20.0. The lowest BCUT2D eigenvalue weighted by atomic mass is 10.1. The molecule has 2 aromatic carbocycles. The molecule has 0 atom stereocenters. The Hall–Kier alpha value is -3.86. The van der Waals surface area contributed by atoms with Crippen molar-refractivity contribution < 1.29 is 18.6 Å². The first-order chi connectivity index (χ1) is 17.4. The number of aromatic amines is 1. The number of anilines is 1. The molecule has 3 heterocycles. The highest BCUT2D eigenvalue weighted by atomic mass is 19.1. The van der Waals surface area contributed by atoms with Gasteiger partial charge in [0.05, 0.1) is 42.9 Å². The minimum Gasteiger partial charge on any atom is -0.497 e. The molecule has 1 fully saturated rings.